The van der Waals surface area contributed by atoms with Gasteiger partial charge in [0.25, 0.3) is 5.91 Å². The number of rotatable bonds is 4. The van der Waals surface area contributed by atoms with E-state index in [4.69, 9.17) is 11.6 Å². The molecule has 0 spiro atoms. The molecule has 0 aliphatic carbocycles. The van der Waals surface area contributed by atoms with Gasteiger partial charge in [0.15, 0.2) is 5.54 Å². The van der Waals surface area contributed by atoms with Crippen LogP contribution in [0.5, 0.6) is 0 Å². The van der Waals surface area contributed by atoms with Crippen molar-refractivity contribution in [1.82, 2.24) is 15.2 Å². The Morgan fingerprint density at radius 2 is 1.52 bits per heavy atom. The number of aromatic nitrogens is 1. The summed E-state index contributed by atoms with van der Waals surface area (Å²) in [7, 11) is 0. The Labute approximate surface area is 161 Å². The maximum atomic E-state index is 13.5. The third-order valence-electron chi connectivity index (χ3n) is 4.65. The summed E-state index contributed by atoms with van der Waals surface area (Å²) in [5, 5.41) is 3.24. The molecule has 5 nitrogen and oxygen atoms in total. The summed E-state index contributed by atoms with van der Waals surface area (Å²) in [6, 6.07) is 21.5. The molecule has 1 aromatic heterocycles. The Morgan fingerprint density at radius 1 is 0.926 bits per heavy atom. The van der Waals surface area contributed by atoms with Crippen LogP contribution in [0.1, 0.15) is 16.7 Å². The smallest absolute Gasteiger partial charge is 0.315 e. The number of nitrogens with one attached hydrogen (secondary N) is 1. The van der Waals surface area contributed by atoms with Crippen LogP contribution in [-0.2, 0) is 16.9 Å². The first-order chi connectivity index (χ1) is 13.1. The Morgan fingerprint density at radius 3 is 2.07 bits per heavy atom. The van der Waals surface area contributed by atoms with Crippen molar-refractivity contribution in [2.75, 3.05) is 0 Å². The van der Waals surface area contributed by atoms with Gasteiger partial charge in [-0.2, -0.15) is 0 Å². The topological polar surface area (TPSA) is 62.3 Å². The van der Waals surface area contributed by atoms with Gasteiger partial charge in [-0.05, 0) is 28.8 Å². The zero-order valence-electron chi connectivity index (χ0n) is 14.3. The van der Waals surface area contributed by atoms with Crippen LogP contribution in [0, 0.1) is 0 Å². The SMILES string of the molecule is O=C1NC(c2ccccc2)(c2ccccc2)C(=O)N1Cc1ccnc(Cl)c1. The van der Waals surface area contributed by atoms with Gasteiger partial charge in [0.05, 0.1) is 6.54 Å². The number of halogens is 1. The van der Waals surface area contributed by atoms with Gasteiger partial charge < -0.3 is 5.32 Å². The molecule has 2 aromatic carbocycles. The van der Waals surface area contributed by atoms with E-state index in [2.05, 4.69) is 10.3 Å². The van der Waals surface area contributed by atoms with E-state index in [0.29, 0.717) is 16.3 Å². The third kappa shape index (κ3) is 2.96. The summed E-state index contributed by atoms with van der Waals surface area (Å²) in [5.41, 5.74) is 0.904. The molecule has 0 unspecified atom stereocenters. The summed E-state index contributed by atoms with van der Waals surface area (Å²) >= 11 is 5.94. The molecule has 4 rings (SSSR count). The average Bonchev–Trinajstić information content (AvgIpc) is 2.95. The second-order valence-corrected chi connectivity index (χ2v) is 6.68. The molecule has 3 amide bonds. The molecule has 1 N–H and O–H groups in total. The van der Waals surface area contributed by atoms with Crippen LogP contribution in [0.25, 0.3) is 0 Å². The highest BCUT2D eigenvalue weighted by Crippen LogP contribution is 2.36. The Kier molecular flexibility index (Phi) is 4.38. The average molecular weight is 378 g/mol. The van der Waals surface area contributed by atoms with Crippen LogP contribution >= 0.6 is 11.6 Å². The Hall–Kier alpha value is -3.18. The minimum atomic E-state index is -1.25. The molecule has 1 fully saturated rings. The van der Waals surface area contributed by atoms with Gasteiger partial charge in [0, 0.05) is 6.20 Å². The lowest BCUT2D eigenvalue weighted by Crippen LogP contribution is -2.45. The number of amides is 3. The van der Waals surface area contributed by atoms with Gasteiger partial charge in [-0.25, -0.2) is 9.78 Å². The van der Waals surface area contributed by atoms with E-state index in [-0.39, 0.29) is 12.5 Å². The molecule has 3 aromatic rings. The number of urea groups is 1. The minimum absolute atomic E-state index is 0.119. The summed E-state index contributed by atoms with van der Waals surface area (Å²) in [6.45, 7) is 0.119. The predicted octanol–water partition coefficient (Wildman–Crippen LogP) is 3.73. The normalized spacial score (nSPS) is 15.7. The molecule has 6 heteroatoms. The number of carbonyl (C=O) groups excluding carboxylic acids is 2. The van der Waals surface area contributed by atoms with Gasteiger partial charge in [-0.15, -0.1) is 0 Å². The monoisotopic (exact) mass is 377 g/mol. The van der Waals surface area contributed by atoms with Gasteiger partial charge in [0.1, 0.15) is 5.15 Å². The van der Waals surface area contributed by atoms with Crippen molar-refractivity contribution in [2.45, 2.75) is 12.1 Å². The quantitative estimate of drug-likeness (QED) is 0.556. The lowest BCUT2D eigenvalue weighted by atomic mass is 9.82. The van der Waals surface area contributed by atoms with Crippen LogP contribution in [-0.4, -0.2) is 21.8 Å². The molecule has 0 atom stereocenters. The number of hydrogen-bond acceptors (Lipinski definition) is 3. The Bertz CT molecular complexity index is 953. The van der Waals surface area contributed by atoms with Crippen LogP contribution in [0.3, 0.4) is 0 Å². The molecule has 0 radical (unpaired) electrons. The number of hydrogen-bond donors (Lipinski definition) is 1. The lowest BCUT2D eigenvalue weighted by Gasteiger charge is -2.28. The second-order valence-electron chi connectivity index (χ2n) is 6.29. The van der Waals surface area contributed by atoms with Gasteiger partial charge in [-0.3, -0.25) is 9.69 Å². The Balaban J connectivity index is 1.79. The summed E-state index contributed by atoms with van der Waals surface area (Å²) < 4.78 is 0. The molecule has 27 heavy (non-hydrogen) atoms. The third-order valence-corrected chi connectivity index (χ3v) is 4.86. The van der Waals surface area contributed by atoms with Crippen LogP contribution in [0.2, 0.25) is 5.15 Å². The van der Waals surface area contributed by atoms with Crippen molar-refractivity contribution < 1.29 is 9.59 Å². The van der Waals surface area contributed by atoms with Crippen LogP contribution in [0.4, 0.5) is 4.79 Å². The second kappa shape index (κ2) is 6.85. The van der Waals surface area contributed by atoms with Crippen molar-refractivity contribution >= 4 is 23.5 Å². The van der Waals surface area contributed by atoms with Crippen molar-refractivity contribution in [3.05, 3.63) is 101 Å². The lowest BCUT2D eigenvalue weighted by molar-refractivity contribution is -0.130. The van der Waals surface area contributed by atoms with Crippen molar-refractivity contribution in [2.24, 2.45) is 0 Å². The highest BCUT2D eigenvalue weighted by Gasteiger charge is 2.53. The highest BCUT2D eigenvalue weighted by atomic mass is 35.5. The van der Waals surface area contributed by atoms with E-state index < -0.39 is 11.6 Å². The zero-order chi connectivity index (χ0) is 18.9. The van der Waals surface area contributed by atoms with Crippen molar-refractivity contribution in [3.63, 3.8) is 0 Å². The molecule has 0 bridgehead atoms. The number of imide groups is 1. The first kappa shape index (κ1) is 17.2. The molecule has 134 valence electrons. The first-order valence-electron chi connectivity index (χ1n) is 8.47. The summed E-state index contributed by atoms with van der Waals surface area (Å²) in [6.07, 6.45) is 1.55. The fourth-order valence-corrected chi connectivity index (χ4v) is 3.57. The molecule has 0 saturated carbocycles. The van der Waals surface area contributed by atoms with E-state index in [9.17, 15) is 9.59 Å². The molecule has 2 heterocycles. The van der Waals surface area contributed by atoms with E-state index in [1.54, 1.807) is 18.3 Å². The zero-order valence-corrected chi connectivity index (χ0v) is 15.1. The van der Waals surface area contributed by atoms with Crippen LogP contribution < -0.4 is 5.32 Å². The van der Waals surface area contributed by atoms with E-state index >= 15 is 0 Å². The fourth-order valence-electron chi connectivity index (χ4n) is 3.38. The van der Waals surface area contributed by atoms with Crippen LogP contribution in [0.15, 0.2) is 79.0 Å². The number of pyridine rings is 1. The molecular weight excluding hydrogens is 362 g/mol. The first-order valence-corrected chi connectivity index (χ1v) is 8.84. The highest BCUT2D eigenvalue weighted by molar-refractivity contribution is 6.29. The number of nitrogens with zero attached hydrogens (tertiary/aromatic N) is 2. The minimum Gasteiger partial charge on any atom is -0.315 e. The summed E-state index contributed by atoms with van der Waals surface area (Å²) in [5.74, 6) is -0.321. The van der Waals surface area contributed by atoms with Gasteiger partial charge >= 0.3 is 6.03 Å². The molecular formula is C21H16ClN3O2. The molecule has 1 saturated heterocycles. The maximum Gasteiger partial charge on any atom is 0.325 e. The largest absolute Gasteiger partial charge is 0.325 e. The number of benzene rings is 2. The maximum absolute atomic E-state index is 13.5. The van der Waals surface area contributed by atoms with E-state index in [1.807, 2.05) is 60.7 Å². The number of carbonyl (C=O) groups is 2. The predicted molar refractivity (Wildman–Crippen MR) is 102 cm³/mol. The molecule has 1 aliphatic rings. The molecule has 1 aliphatic heterocycles. The standard InChI is InChI=1S/C21H16ClN3O2/c22-18-13-15(11-12-23-18)14-25-19(26)21(24-20(25)27,16-7-3-1-4-8-16)17-9-5-2-6-10-17/h1-13H,14H2,(H,24,27). The van der Waals surface area contributed by atoms with Gasteiger partial charge in [-0.1, -0.05) is 72.3 Å². The fraction of sp³-hybridized carbons (Fsp3) is 0.0952. The van der Waals surface area contributed by atoms with Crippen molar-refractivity contribution in [1.29, 1.82) is 0 Å². The van der Waals surface area contributed by atoms with Crippen molar-refractivity contribution in [3.8, 4) is 0 Å². The van der Waals surface area contributed by atoms with Gasteiger partial charge in [0.2, 0.25) is 0 Å². The summed E-state index contributed by atoms with van der Waals surface area (Å²) in [4.78, 5) is 31.5. The van der Waals surface area contributed by atoms with E-state index in [1.165, 1.54) is 4.90 Å². The van der Waals surface area contributed by atoms with E-state index in [0.717, 1.165) is 5.56 Å².